The predicted octanol–water partition coefficient (Wildman–Crippen LogP) is 2.33. The molecular weight excluding hydrogens is 307 g/mol. The van der Waals surface area contributed by atoms with Gasteiger partial charge in [0.1, 0.15) is 0 Å². The summed E-state index contributed by atoms with van der Waals surface area (Å²) in [4.78, 5) is 26.8. The van der Waals surface area contributed by atoms with Crippen LogP contribution < -0.4 is 5.32 Å². The first-order chi connectivity index (χ1) is 11.5. The number of nitrogens with one attached hydrogen (secondary N) is 1. The van der Waals surface area contributed by atoms with E-state index >= 15 is 0 Å². The summed E-state index contributed by atoms with van der Waals surface area (Å²) in [5, 5.41) is 2.76. The van der Waals surface area contributed by atoms with Crippen LogP contribution in [0, 0.1) is 0 Å². The van der Waals surface area contributed by atoms with Crippen molar-refractivity contribution >= 4 is 11.8 Å². The number of halogens is 1. The summed E-state index contributed by atoms with van der Waals surface area (Å²) in [7, 11) is 0. The number of nitrogens with zero attached hydrogens (tertiary/aromatic N) is 1. The molecule has 0 radical (unpaired) electrons. The van der Waals surface area contributed by atoms with Crippen LogP contribution in [0.5, 0.6) is 0 Å². The van der Waals surface area contributed by atoms with Crippen LogP contribution in [0.2, 0.25) is 0 Å². The Hall–Kier alpha value is -1.91. The molecule has 0 unspecified atom stereocenters. The van der Waals surface area contributed by atoms with E-state index < -0.39 is 17.0 Å². The largest absolute Gasteiger partial charge is 0.351 e. The van der Waals surface area contributed by atoms with Crippen LogP contribution in [0.1, 0.15) is 44.1 Å². The van der Waals surface area contributed by atoms with E-state index in [2.05, 4.69) is 5.32 Å². The lowest BCUT2D eigenvalue weighted by atomic mass is 9.89. The first kappa shape index (κ1) is 15.6. The number of likely N-dealkylation sites (tertiary alicyclic amines) is 1. The molecule has 3 fully saturated rings. The summed E-state index contributed by atoms with van der Waals surface area (Å²) in [6, 6.07) is 10.0. The van der Waals surface area contributed by atoms with Crippen LogP contribution in [0.15, 0.2) is 30.3 Å². The second kappa shape index (κ2) is 5.57. The van der Waals surface area contributed by atoms with E-state index in [1.165, 1.54) is 0 Å². The normalized spacial score (nSPS) is 24.3. The SMILES string of the molecule is O=C(NC1CC1)C1(F)CCN(C(=O)C2(c3ccccc3)CC2)CC1. The smallest absolute Gasteiger partial charge is 0.258 e. The van der Waals surface area contributed by atoms with Gasteiger partial charge in [-0.2, -0.15) is 0 Å². The molecule has 0 spiro atoms. The number of hydrogen-bond donors (Lipinski definition) is 1. The van der Waals surface area contributed by atoms with E-state index in [4.69, 9.17) is 0 Å². The summed E-state index contributed by atoms with van der Waals surface area (Å²) in [6.45, 7) is 0.643. The van der Waals surface area contributed by atoms with Crippen LogP contribution in [-0.2, 0) is 15.0 Å². The number of alkyl halides is 1. The van der Waals surface area contributed by atoms with Crippen molar-refractivity contribution in [3.8, 4) is 0 Å². The van der Waals surface area contributed by atoms with E-state index in [0.717, 1.165) is 31.2 Å². The van der Waals surface area contributed by atoms with Crippen molar-refractivity contribution in [2.24, 2.45) is 0 Å². The van der Waals surface area contributed by atoms with Crippen molar-refractivity contribution in [2.45, 2.75) is 55.7 Å². The Morgan fingerprint density at radius 2 is 1.67 bits per heavy atom. The Bertz CT molecular complexity index is 645. The zero-order chi connectivity index (χ0) is 16.8. The molecule has 2 aliphatic carbocycles. The third kappa shape index (κ3) is 2.70. The minimum absolute atomic E-state index is 0.0957. The Balaban J connectivity index is 1.40. The Morgan fingerprint density at radius 3 is 2.21 bits per heavy atom. The van der Waals surface area contributed by atoms with E-state index in [9.17, 15) is 14.0 Å². The fourth-order valence-electron chi connectivity index (χ4n) is 3.64. The van der Waals surface area contributed by atoms with Gasteiger partial charge in [0.05, 0.1) is 5.41 Å². The van der Waals surface area contributed by atoms with E-state index in [0.29, 0.717) is 13.1 Å². The van der Waals surface area contributed by atoms with E-state index in [1.54, 1.807) is 4.90 Å². The van der Waals surface area contributed by atoms with Crippen molar-refractivity contribution in [3.63, 3.8) is 0 Å². The van der Waals surface area contributed by atoms with Gasteiger partial charge in [0, 0.05) is 32.0 Å². The fraction of sp³-hybridized carbons (Fsp3) is 0.579. The molecule has 0 atom stereocenters. The standard InChI is InChI=1S/C19H23FN2O2/c20-19(16(23)21-15-6-7-15)10-12-22(13-11-19)17(24)18(8-9-18)14-4-2-1-3-5-14/h1-5,15H,6-13H2,(H,21,23). The molecule has 3 aliphatic rings. The van der Waals surface area contributed by atoms with Crippen LogP contribution in [0.25, 0.3) is 0 Å². The summed E-state index contributed by atoms with van der Waals surface area (Å²) in [5.74, 6) is -0.389. The zero-order valence-electron chi connectivity index (χ0n) is 13.8. The molecular formula is C19H23FN2O2. The second-order valence-corrected chi connectivity index (χ2v) is 7.45. The predicted molar refractivity (Wildman–Crippen MR) is 88.2 cm³/mol. The van der Waals surface area contributed by atoms with Crippen molar-refractivity contribution in [1.29, 1.82) is 0 Å². The minimum Gasteiger partial charge on any atom is -0.351 e. The molecule has 0 bridgehead atoms. The fourth-order valence-corrected chi connectivity index (χ4v) is 3.64. The molecule has 5 heteroatoms. The number of piperidine rings is 1. The monoisotopic (exact) mass is 330 g/mol. The average molecular weight is 330 g/mol. The van der Waals surface area contributed by atoms with Gasteiger partial charge in [-0.3, -0.25) is 9.59 Å². The quantitative estimate of drug-likeness (QED) is 0.921. The van der Waals surface area contributed by atoms with Crippen molar-refractivity contribution in [3.05, 3.63) is 35.9 Å². The topological polar surface area (TPSA) is 49.4 Å². The van der Waals surface area contributed by atoms with Crippen molar-refractivity contribution in [2.75, 3.05) is 13.1 Å². The highest BCUT2D eigenvalue weighted by atomic mass is 19.1. The number of benzene rings is 1. The molecule has 4 nitrogen and oxygen atoms in total. The van der Waals surface area contributed by atoms with Gasteiger partial charge in [-0.25, -0.2) is 4.39 Å². The maximum Gasteiger partial charge on any atom is 0.258 e. The maximum atomic E-state index is 14.9. The third-order valence-corrected chi connectivity index (χ3v) is 5.65. The number of hydrogen-bond acceptors (Lipinski definition) is 2. The summed E-state index contributed by atoms with van der Waals surface area (Å²) in [6.07, 6.45) is 3.81. The van der Waals surface area contributed by atoms with Gasteiger partial charge >= 0.3 is 0 Å². The van der Waals surface area contributed by atoms with Gasteiger partial charge < -0.3 is 10.2 Å². The molecule has 1 N–H and O–H groups in total. The summed E-state index contributed by atoms with van der Waals surface area (Å²) >= 11 is 0. The Morgan fingerprint density at radius 1 is 1.04 bits per heavy atom. The lowest BCUT2D eigenvalue weighted by molar-refractivity contribution is -0.143. The molecule has 0 aromatic heterocycles. The molecule has 2 saturated carbocycles. The Labute approximate surface area is 141 Å². The Kier molecular flexibility index (Phi) is 3.62. The molecule has 1 heterocycles. The highest BCUT2D eigenvalue weighted by Crippen LogP contribution is 2.50. The van der Waals surface area contributed by atoms with Gasteiger partial charge in [-0.05, 0) is 31.2 Å². The van der Waals surface area contributed by atoms with Crippen LogP contribution in [-0.4, -0.2) is 41.5 Å². The highest BCUT2D eigenvalue weighted by Gasteiger charge is 2.54. The molecule has 128 valence electrons. The summed E-state index contributed by atoms with van der Waals surface area (Å²) in [5.41, 5.74) is -1.17. The molecule has 1 saturated heterocycles. The minimum atomic E-state index is -1.82. The lowest BCUT2D eigenvalue weighted by Crippen LogP contribution is -2.54. The molecule has 4 rings (SSSR count). The number of rotatable bonds is 4. The van der Waals surface area contributed by atoms with Crippen LogP contribution >= 0.6 is 0 Å². The zero-order valence-corrected chi connectivity index (χ0v) is 13.8. The lowest BCUT2D eigenvalue weighted by Gasteiger charge is -2.37. The summed E-state index contributed by atoms with van der Waals surface area (Å²) < 4.78 is 14.9. The highest BCUT2D eigenvalue weighted by molar-refractivity contribution is 5.92. The van der Waals surface area contributed by atoms with Crippen molar-refractivity contribution in [1.82, 2.24) is 10.2 Å². The van der Waals surface area contributed by atoms with Gasteiger partial charge in [0.25, 0.3) is 5.91 Å². The van der Waals surface area contributed by atoms with E-state index in [-0.39, 0.29) is 24.8 Å². The maximum absolute atomic E-state index is 14.9. The molecule has 2 amide bonds. The molecule has 1 aromatic rings. The van der Waals surface area contributed by atoms with Gasteiger partial charge in [-0.1, -0.05) is 30.3 Å². The molecule has 1 aliphatic heterocycles. The van der Waals surface area contributed by atoms with Gasteiger partial charge in [-0.15, -0.1) is 0 Å². The van der Waals surface area contributed by atoms with Crippen LogP contribution in [0.4, 0.5) is 4.39 Å². The number of carbonyl (C=O) groups is 2. The molecule has 24 heavy (non-hydrogen) atoms. The van der Waals surface area contributed by atoms with Crippen molar-refractivity contribution < 1.29 is 14.0 Å². The third-order valence-electron chi connectivity index (χ3n) is 5.65. The number of amides is 2. The van der Waals surface area contributed by atoms with Gasteiger partial charge in [0.2, 0.25) is 5.91 Å². The number of carbonyl (C=O) groups excluding carboxylic acids is 2. The van der Waals surface area contributed by atoms with Gasteiger partial charge in [0.15, 0.2) is 5.67 Å². The first-order valence-corrected chi connectivity index (χ1v) is 8.88. The molecule has 1 aromatic carbocycles. The van der Waals surface area contributed by atoms with E-state index in [1.807, 2.05) is 30.3 Å². The average Bonchev–Trinajstić information content (AvgIpc) is 3.51. The first-order valence-electron chi connectivity index (χ1n) is 8.88. The van der Waals surface area contributed by atoms with Crippen LogP contribution in [0.3, 0.4) is 0 Å². The second-order valence-electron chi connectivity index (χ2n) is 7.45.